The van der Waals surface area contributed by atoms with Gasteiger partial charge in [-0.25, -0.2) is 4.98 Å². The molecule has 1 aromatic heterocycles. The van der Waals surface area contributed by atoms with Gasteiger partial charge in [0, 0.05) is 25.3 Å². The summed E-state index contributed by atoms with van der Waals surface area (Å²) in [5.74, 6) is 0.463. The fourth-order valence-electron chi connectivity index (χ4n) is 3.66. The number of hydrogen-bond acceptors (Lipinski definition) is 4. The molecular weight excluding hydrogens is 347 g/mol. The van der Waals surface area contributed by atoms with Crippen LogP contribution in [0.1, 0.15) is 48.9 Å². The second-order valence-corrected chi connectivity index (χ2v) is 6.95. The van der Waals surface area contributed by atoms with Gasteiger partial charge in [0.25, 0.3) is 5.91 Å². The van der Waals surface area contributed by atoms with E-state index >= 15 is 0 Å². The zero-order chi connectivity index (χ0) is 18.6. The number of alkyl halides is 3. The highest BCUT2D eigenvalue weighted by Crippen LogP contribution is 2.26. The first-order valence-corrected chi connectivity index (χ1v) is 9.11. The minimum Gasteiger partial charge on any atom is -0.369 e. The molecule has 0 radical (unpaired) electrons. The summed E-state index contributed by atoms with van der Waals surface area (Å²) < 4.78 is 41.9. The Morgan fingerprint density at radius 1 is 1.27 bits per heavy atom. The molecule has 8 heteroatoms. The van der Waals surface area contributed by atoms with E-state index in [2.05, 4.69) is 15.2 Å². The summed E-state index contributed by atoms with van der Waals surface area (Å²) >= 11 is 0. The van der Waals surface area contributed by atoms with Crippen LogP contribution in [0.3, 0.4) is 0 Å². The topological polar surface area (TPSA) is 54.5 Å². The first kappa shape index (κ1) is 18.9. The number of hydrogen-bond donors (Lipinski definition) is 1. The van der Waals surface area contributed by atoms with Crippen LogP contribution < -0.4 is 10.2 Å². The van der Waals surface area contributed by atoms with Crippen LogP contribution >= 0.6 is 0 Å². The molecule has 1 saturated carbocycles. The summed E-state index contributed by atoms with van der Waals surface area (Å²) in [5.41, 5.74) is 0.521. The zero-order valence-electron chi connectivity index (χ0n) is 14.6. The summed E-state index contributed by atoms with van der Waals surface area (Å²) in [7, 11) is 0. The van der Waals surface area contributed by atoms with Gasteiger partial charge in [-0.3, -0.25) is 4.79 Å². The van der Waals surface area contributed by atoms with Gasteiger partial charge in [-0.05, 0) is 50.7 Å². The van der Waals surface area contributed by atoms with Crippen molar-refractivity contribution in [3.05, 3.63) is 23.9 Å². The number of nitrogens with zero attached hydrogens (tertiary/aromatic N) is 2. The van der Waals surface area contributed by atoms with Gasteiger partial charge in [-0.2, -0.15) is 13.2 Å². The zero-order valence-corrected chi connectivity index (χ0v) is 14.6. The predicted molar refractivity (Wildman–Crippen MR) is 91.2 cm³/mol. The minimum atomic E-state index is -4.32. The van der Waals surface area contributed by atoms with E-state index in [-0.39, 0.29) is 11.9 Å². The first-order chi connectivity index (χ1) is 12.4. The molecule has 2 aliphatic rings. The Labute approximate surface area is 150 Å². The average Bonchev–Trinajstić information content (AvgIpc) is 3.14. The molecule has 1 aliphatic heterocycles. The number of anilines is 1. The summed E-state index contributed by atoms with van der Waals surface area (Å²) in [6.45, 7) is 0.530. The summed E-state index contributed by atoms with van der Waals surface area (Å²) in [6, 6.07) is 3.29. The molecule has 1 aliphatic carbocycles. The lowest BCUT2D eigenvalue weighted by atomic mass is 9.92. The number of rotatable bonds is 5. The second-order valence-electron chi connectivity index (χ2n) is 6.95. The molecule has 26 heavy (non-hydrogen) atoms. The molecule has 3 rings (SSSR count). The summed E-state index contributed by atoms with van der Waals surface area (Å²) in [4.78, 5) is 19.2. The van der Waals surface area contributed by atoms with Gasteiger partial charge in [0.1, 0.15) is 12.4 Å². The standard InChI is InChI=1S/C18H24F3N3O2/c19-18(20,21)12-26-14-6-3-5-13(11-14)23-17(25)15-7-4-8-22-16(15)24-9-1-2-10-24/h4,7-8,13-14H,1-3,5-6,9-12H2,(H,23,25)/t13-,14-/m1/s1. The van der Waals surface area contributed by atoms with Crippen LogP contribution in [0.2, 0.25) is 0 Å². The van der Waals surface area contributed by atoms with E-state index in [0.717, 1.165) is 38.8 Å². The minimum absolute atomic E-state index is 0.180. The lowest BCUT2D eigenvalue weighted by molar-refractivity contribution is -0.188. The van der Waals surface area contributed by atoms with Crippen LogP contribution in [0.25, 0.3) is 0 Å². The molecular formula is C18H24F3N3O2. The fraction of sp³-hybridized carbons (Fsp3) is 0.667. The van der Waals surface area contributed by atoms with Crippen molar-refractivity contribution < 1.29 is 22.7 Å². The lowest BCUT2D eigenvalue weighted by Gasteiger charge is -2.30. The molecule has 0 spiro atoms. The third-order valence-electron chi connectivity index (χ3n) is 4.88. The SMILES string of the molecule is O=C(N[C@@H]1CCC[C@@H](OCC(F)(F)F)C1)c1cccnc1N1CCCC1. The Morgan fingerprint density at radius 3 is 2.77 bits per heavy atom. The highest BCUT2D eigenvalue weighted by atomic mass is 19.4. The number of halogens is 3. The molecule has 2 atom stereocenters. The maximum Gasteiger partial charge on any atom is 0.411 e. The molecule has 2 fully saturated rings. The van der Waals surface area contributed by atoms with Crippen LogP contribution in [0.5, 0.6) is 0 Å². The summed E-state index contributed by atoms with van der Waals surface area (Å²) in [6.07, 6.45) is 1.52. The Bertz CT molecular complexity index is 618. The van der Waals surface area contributed by atoms with Crippen molar-refractivity contribution in [3.8, 4) is 0 Å². The van der Waals surface area contributed by atoms with Crippen molar-refractivity contribution in [1.82, 2.24) is 10.3 Å². The van der Waals surface area contributed by atoms with Gasteiger partial charge in [-0.15, -0.1) is 0 Å². The number of pyridine rings is 1. The number of carbonyl (C=O) groups is 1. The van der Waals surface area contributed by atoms with E-state index < -0.39 is 18.9 Å². The molecule has 1 N–H and O–H groups in total. The molecule has 0 unspecified atom stereocenters. The maximum absolute atomic E-state index is 12.7. The highest BCUT2D eigenvalue weighted by molar-refractivity contribution is 5.99. The number of nitrogens with one attached hydrogen (secondary N) is 1. The molecule has 0 bridgehead atoms. The third-order valence-corrected chi connectivity index (χ3v) is 4.88. The van der Waals surface area contributed by atoms with E-state index in [1.54, 1.807) is 18.3 Å². The van der Waals surface area contributed by atoms with Crippen LogP contribution in [-0.4, -0.2) is 48.9 Å². The molecule has 1 saturated heterocycles. The van der Waals surface area contributed by atoms with Gasteiger partial charge < -0.3 is 15.0 Å². The van der Waals surface area contributed by atoms with Crippen LogP contribution in [0.4, 0.5) is 19.0 Å². The Balaban J connectivity index is 1.59. The van der Waals surface area contributed by atoms with Crippen LogP contribution in [-0.2, 0) is 4.74 Å². The van der Waals surface area contributed by atoms with Gasteiger partial charge in [0.15, 0.2) is 0 Å². The Kier molecular flexibility index (Phi) is 6.01. The molecule has 1 amide bonds. The van der Waals surface area contributed by atoms with Crippen molar-refractivity contribution in [2.24, 2.45) is 0 Å². The molecule has 1 aromatic rings. The molecule has 144 valence electrons. The van der Waals surface area contributed by atoms with Gasteiger partial charge in [-0.1, -0.05) is 0 Å². The predicted octanol–water partition coefficient (Wildman–Crippen LogP) is 3.30. The van der Waals surface area contributed by atoms with Crippen molar-refractivity contribution in [2.45, 2.75) is 56.8 Å². The number of carbonyl (C=O) groups excluding carboxylic acids is 1. The van der Waals surface area contributed by atoms with Crippen LogP contribution in [0.15, 0.2) is 18.3 Å². The normalized spacial score (nSPS) is 23.9. The fourth-order valence-corrected chi connectivity index (χ4v) is 3.66. The quantitative estimate of drug-likeness (QED) is 0.863. The monoisotopic (exact) mass is 371 g/mol. The van der Waals surface area contributed by atoms with Crippen molar-refractivity contribution >= 4 is 11.7 Å². The number of ether oxygens (including phenoxy) is 1. The smallest absolute Gasteiger partial charge is 0.369 e. The van der Waals surface area contributed by atoms with E-state index in [9.17, 15) is 18.0 Å². The summed E-state index contributed by atoms with van der Waals surface area (Å²) in [5, 5.41) is 2.96. The van der Waals surface area contributed by atoms with Crippen molar-refractivity contribution in [2.75, 3.05) is 24.6 Å². The number of amides is 1. The van der Waals surface area contributed by atoms with Gasteiger partial charge in [0.05, 0.1) is 11.7 Å². The third kappa shape index (κ3) is 5.09. The number of aromatic nitrogens is 1. The van der Waals surface area contributed by atoms with E-state index in [1.165, 1.54) is 0 Å². The van der Waals surface area contributed by atoms with Gasteiger partial charge in [0.2, 0.25) is 0 Å². The molecule has 0 aromatic carbocycles. The van der Waals surface area contributed by atoms with Crippen molar-refractivity contribution in [1.29, 1.82) is 0 Å². The highest BCUT2D eigenvalue weighted by Gasteiger charge is 2.32. The van der Waals surface area contributed by atoms with Crippen LogP contribution in [0, 0.1) is 0 Å². The van der Waals surface area contributed by atoms with Crippen molar-refractivity contribution in [3.63, 3.8) is 0 Å². The lowest BCUT2D eigenvalue weighted by Crippen LogP contribution is -2.41. The average molecular weight is 371 g/mol. The van der Waals surface area contributed by atoms with E-state index in [4.69, 9.17) is 4.74 Å². The second kappa shape index (κ2) is 8.24. The Hall–Kier alpha value is -1.83. The molecule has 5 nitrogen and oxygen atoms in total. The Morgan fingerprint density at radius 2 is 2.04 bits per heavy atom. The van der Waals surface area contributed by atoms with E-state index in [0.29, 0.717) is 24.2 Å². The molecule has 2 heterocycles. The largest absolute Gasteiger partial charge is 0.411 e. The van der Waals surface area contributed by atoms with E-state index in [1.807, 2.05) is 0 Å². The first-order valence-electron chi connectivity index (χ1n) is 9.11. The van der Waals surface area contributed by atoms with Gasteiger partial charge >= 0.3 is 6.18 Å². The maximum atomic E-state index is 12.7.